The summed E-state index contributed by atoms with van der Waals surface area (Å²) in [6.07, 6.45) is 2.87. The molecule has 1 aliphatic carbocycles. The molecule has 0 aromatic rings. The summed E-state index contributed by atoms with van der Waals surface area (Å²) in [6.45, 7) is 2.06. The van der Waals surface area contributed by atoms with Gasteiger partial charge in [0.15, 0.2) is 0 Å². The number of hydrogen-bond acceptors (Lipinski definition) is 2. The van der Waals surface area contributed by atoms with Crippen LogP contribution in [-0.2, 0) is 9.59 Å². The van der Waals surface area contributed by atoms with Gasteiger partial charge in [-0.15, -0.1) is 0 Å². The van der Waals surface area contributed by atoms with Crippen molar-refractivity contribution in [1.82, 2.24) is 0 Å². The molecule has 0 bridgehead atoms. The Balaban J connectivity index is 2.46. The minimum absolute atomic E-state index is 0.0486. The number of carbonyl (C=O) groups excluding carboxylic acids is 2. The second-order valence-corrected chi connectivity index (χ2v) is 3.11. The highest BCUT2D eigenvalue weighted by molar-refractivity contribution is 5.85. The molecule has 0 N–H and O–H groups in total. The van der Waals surface area contributed by atoms with Gasteiger partial charge in [0.25, 0.3) is 0 Å². The molecule has 1 aliphatic rings. The Labute approximate surface area is 60.6 Å². The number of Topliss-reactive ketones (excluding diaryl/α,β-unsaturated/α-hetero) is 1. The molecule has 0 aromatic heterocycles. The topological polar surface area (TPSA) is 34.1 Å². The fourth-order valence-electron chi connectivity index (χ4n) is 1.55. The third-order valence-corrected chi connectivity index (χ3v) is 2.07. The Kier molecular flexibility index (Phi) is 2.20. The molecular weight excluding hydrogens is 128 g/mol. The van der Waals surface area contributed by atoms with Crippen molar-refractivity contribution in [3.05, 3.63) is 0 Å². The predicted molar refractivity (Wildman–Crippen MR) is 37.6 cm³/mol. The van der Waals surface area contributed by atoms with Crippen LogP contribution in [0.2, 0.25) is 0 Å². The van der Waals surface area contributed by atoms with Gasteiger partial charge in [-0.25, -0.2) is 0 Å². The Morgan fingerprint density at radius 1 is 1.70 bits per heavy atom. The maximum atomic E-state index is 11.0. The van der Waals surface area contributed by atoms with Crippen molar-refractivity contribution in [2.45, 2.75) is 26.2 Å². The minimum Gasteiger partial charge on any atom is -0.303 e. The lowest BCUT2D eigenvalue weighted by Crippen LogP contribution is -2.05. The molecule has 1 fully saturated rings. The van der Waals surface area contributed by atoms with E-state index in [-0.39, 0.29) is 11.7 Å². The van der Waals surface area contributed by atoms with Crippen LogP contribution in [0, 0.1) is 11.8 Å². The third-order valence-electron chi connectivity index (χ3n) is 2.07. The van der Waals surface area contributed by atoms with Gasteiger partial charge >= 0.3 is 0 Å². The van der Waals surface area contributed by atoms with Crippen LogP contribution in [0.3, 0.4) is 0 Å². The van der Waals surface area contributed by atoms with E-state index in [2.05, 4.69) is 6.92 Å². The highest BCUT2D eigenvalue weighted by Gasteiger charge is 2.28. The highest BCUT2D eigenvalue weighted by Crippen LogP contribution is 2.28. The molecular formula is C8H12O2. The second kappa shape index (κ2) is 2.95. The van der Waals surface area contributed by atoms with Crippen molar-refractivity contribution in [3.63, 3.8) is 0 Å². The van der Waals surface area contributed by atoms with Crippen LogP contribution < -0.4 is 0 Å². The van der Waals surface area contributed by atoms with E-state index >= 15 is 0 Å². The van der Waals surface area contributed by atoms with Gasteiger partial charge in [0.05, 0.1) is 0 Å². The molecule has 2 heteroatoms. The van der Waals surface area contributed by atoms with Crippen molar-refractivity contribution >= 4 is 12.1 Å². The lowest BCUT2D eigenvalue weighted by atomic mass is 10.0. The summed E-state index contributed by atoms with van der Waals surface area (Å²) in [4.78, 5) is 21.1. The molecule has 1 rings (SSSR count). The first-order valence-corrected chi connectivity index (χ1v) is 3.70. The van der Waals surface area contributed by atoms with E-state index < -0.39 is 0 Å². The van der Waals surface area contributed by atoms with E-state index in [0.29, 0.717) is 18.8 Å². The van der Waals surface area contributed by atoms with Crippen molar-refractivity contribution in [3.8, 4) is 0 Å². The second-order valence-electron chi connectivity index (χ2n) is 3.11. The van der Waals surface area contributed by atoms with Crippen molar-refractivity contribution in [1.29, 1.82) is 0 Å². The molecule has 0 aromatic carbocycles. The molecule has 2 atom stereocenters. The van der Waals surface area contributed by atoms with E-state index in [4.69, 9.17) is 0 Å². The Morgan fingerprint density at radius 3 is 2.80 bits per heavy atom. The summed E-state index contributed by atoms with van der Waals surface area (Å²) >= 11 is 0. The van der Waals surface area contributed by atoms with Crippen molar-refractivity contribution < 1.29 is 9.59 Å². The zero-order valence-electron chi connectivity index (χ0n) is 6.17. The van der Waals surface area contributed by atoms with E-state index in [1.54, 1.807) is 0 Å². The van der Waals surface area contributed by atoms with Gasteiger partial charge in [0.2, 0.25) is 0 Å². The summed E-state index contributed by atoms with van der Waals surface area (Å²) in [5.41, 5.74) is 0. The number of ketones is 1. The molecule has 0 saturated heterocycles. The Bertz CT molecular complexity index is 151. The number of hydrogen-bond donors (Lipinski definition) is 0. The predicted octanol–water partition coefficient (Wildman–Crippen LogP) is 1.19. The first-order chi connectivity index (χ1) is 4.74. The molecule has 0 aliphatic heterocycles. The fraction of sp³-hybridized carbons (Fsp3) is 0.750. The average molecular weight is 140 g/mol. The summed E-state index contributed by atoms with van der Waals surface area (Å²) in [5, 5.41) is 0. The minimum atomic E-state index is 0.0486. The van der Waals surface area contributed by atoms with Crippen molar-refractivity contribution in [2.24, 2.45) is 11.8 Å². The molecule has 0 amide bonds. The van der Waals surface area contributed by atoms with Crippen LogP contribution in [0.4, 0.5) is 0 Å². The normalized spacial score (nSPS) is 32.7. The largest absolute Gasteiger partial charge is 0.303 e. The molecule has 2 nitrogen and oxygen atoms in total. The first-order valence-electron chi connectivity index (χ1n) is 3.70. The molecule has 0 radical (unpaired) electrons. The summed E-state index contributed by atoms with van der Waals surface area (Å²) in [5.74, 6) is 0.824. The zero-order valence-corrected chi connectivity index (χ0v) is 6.17. The van der Waals surface area contributed by atoms with Gasteiger partial charge < -0.3 is 4.79 Å². The number of aldehydes is 1. The smallest absolute Gasteiger partial charge is 0.136 e. The van der Waals surface area contributed by atoms with Crippen LogP contribution in [0.25, 0.3) is 0 Å². The van der Waals surface area contributed by atoms with Gasteiger partial charge in [-0.1, -0.05) is 6.92 Å². The number of rotatable bonds is 2. The van der Waals surface area contributed by atoms with Crippen LogP contribution in [-0.4, -0.2) is 12.1 Å². The summed E-state index contributed by atoms with van der Waals surface area (Å²) in [7, 11) is 0. The maximum Gasteiger partial charge on any atom is 0.136 e. The van der Waals surface area contributed by atoms with Crippen molar-refractivity contribution in [2.75, 3.05) is 0 Å². The summed E-state index contributed by atoms with van der Waals surface area (Å²) < 4.78 is 0. The lowest BCUT2D eigenvalue weighted by molar-refractivity contribution is -0.122. The van der Waals surface area contributed by atoms with Gasteiger partial charge in [0, 0.05) is 18.8 Å². The monoisotopic (exact) mass is 140 g/mol. The first kappa shape index (κ1) is 7.45. The maximum absolute atomic E-state index is 11.0. The lowest BCUT2D eigenvalue weighted by Gasteiger charge is -2.00. The van der Waals surface area contributed by atoms with Crippen LogP contribution in [0.1, 0.15) is 26.2 Å². The van der Waals surface area contributed by atoms with E-state index in [1.807, 2.05) is 0 Å². The van der Waals surface area contributed by atoms with E-state index in [0.717, 1.165) is 12.7 Å². The van der Waals surface area contributed by atoms with E-state index in [9.17, 15) is 9.59 Å². The molecule has 56 valence electrons. The Hall–Kier alpha value is -0.660. The summed E-state index contributed by atoms with van der Waals surface area (Å²) in [6, 6.07) is 0. The SMILES string of the molecule is CC1CC(=O)C(CC=O)C1. The quantitative estimate of drug-likeness (QED) is 0.540. The molecule has 0 heterocycles. The molecule has 10 heavy (non-hydrogen) atoms. The zero-order chi connectivity index (χ0) is 7.56. The molecule has 1 saturated carbocycles. The van der Waals surface area contributed by atoms with Gasteiger partial charge in [0.1, 0.15) is 12.1 Å². The Morgan fingerprint density at radius 2 is 2.40 bits per heavy atom. The van der Waals surface area contributed by atoms with Gasteiger partial charge in [-0.2, -0.15) is 0 Å². The van der Waals surface area contributed by atoms with Gasteiger partial charge in [-0.3, -0.25) is 4.79 Å². The highest BCUT2D eigenvalue weighted by atomic mass is 16.1. The van der Waals surface area contributed by atoms with Gasteiger partial charge in [-0.05, 0) is 12.3 Å². The van der Waals surface area contributed by atoms with Crippen LogP contribution >= 0.6 is 0 Å². The molecule has 0 spiro atoms. The average Bonchev–Trinajstić information content (AvgIpc) is 2.13. The van der Waals surface area contributed by atoms with Crippen LogP contribution in [0.5, 0.6) is 0 Å². The fourth-order valence-corrected chi connectivity index (χ4v) is 1.55. The molecule has 2 unspecified atom stereocenters. The number of carbonyl (C=O) groups is 2. The third kappa shape index (κ3) is 1.43. The standard InChI is InChI=1S/C8H12O2/c1-6-4-7(2-3-9)8(10)5-6/h3,6-7H,2,4-5H2,1H3. The van der Waals surface area contributed by atoms with Crippen LogP contribution in [0.15, 0.2) is 0 Å². The van der Waals surface area contributed by atoms with E-state index in [1.165, 1.54) is 0 Å².